The van der Waals surface area contributed by atoms with Crippen molar-refractivity contribution in [3.05, 3.63) is 0 Å². The third kappa shape index (κ3) is 4.94. The van der Waals surface area contributed by atoms with Crippen molar-refractivity contribution in [2.45, 2.75) is 19.3 Å². The van der Waals surface area contributed by atoms with Crippen molar-refractivity contribution >= 4 is 21.1 Å². The van der Waals surface area contributed by atoms with Crippen LogP contribution in [0.4, 0.5) is 0 Å². The van der Waals surface area contributed by atoms with E-state index in [0.717, 1.165) is 0 Å². The first-order chi connectivity index (χ1) is 6.49. The molecule has 1 rings (SSSR count). The van der Waals surface area contributed by atoms with E-state index in [2.05, 4.69) is 29.3 Å². The maximum atomic E-state index is 2.73. The quantitative estimate of drug-likeness (QED) is 0.720. The lowest BCUT2D eigenvalue weighted by atomic mass is 10.4. The first kappa shape index (κ1) is 12.7. The maximum absolute atomic E-state index is 2.73. The van der Waals surface area contributed by atoms with E-state index in [9.17, 15) is 0 Å². The zero-order valence-electron chi connectivity index (χ0n) is 10.3. The van der Waals surface area contributed by atoms with E-state index in [1.54, 1.807) is 0 Å². The molecule has 1 atom stereocenters. The standard InChI is InChI=1S/C11H27NS2/c1-13(12-8-5-6-9-12)10-7-11-14(2,3)4/h13H,5-11H2,1-4H3. The number of thiol groups is 1. The summed E-state index contributed by atoms with van der Waals surface area (Å²) in [5.74, 6) is 2.94. The van der Waals surface area contributed by atoms with E-state index >= 15 is 0 Å². The summed E-state index contributed by atoms with van der Waals surface area (Å²) >= 11 is 0.212. The molecule has 1 unspecified atom stereocenters. The molecule has 88 valence electrons. The largest absolute Gasteiger partial charge is 0.270 e. The van der Waals surface area contributed by atoms with E-state index in [1.807, 2.05) is 0 Å². The topological polar surface area (TPSA) is 3.24 Å². The molecular formula is C11H27NS2. The molecule has 1 aliphatic rings. The Morgan fingerprint density at radius 3 is 2.21 bits per heavy atom. The molecule has 1 saturated heterocycles. The van der Waals surface area contributed by atoms with Crippen molar-refractivity contribution < 1.29 is 0 Å². The first-order valence-corrected chi connectivity index (χ1v) is 10.6. The van der Waals surface area contributed by atoms with Gasteiger partial charge in [0.2, 0.25) is 0 Å². The predicted molar refractivity (Wildman–Crippen MR) is 75.4 cm³/mol. The van der Waals surface area contributed by atoms with Gasteiger partial charge >= 0.3 is 0 Å². The van der Waals surface area contributed by atoms with Gasteiger partial charge in [-0.25, -0.2) is 21.1 Å². The van der Waals surface area contributed by atoms with Gasteiger partial charge in [0.15, 0.2) is 0 Å². The third-order valence-electron chi connectivity index (χ3n) is 2.80. The van der Waals surface area contributed by atoms with Gasteiger partial charge in [0.1, 0.15) is 0 Å². The second-order valence-corrected chi connectivity index (χ2v) is 12.1. The van der Waals surface area contributed by atoms with Crippen molar-refractivity contribution in [1.82, 2.24) is 4.31 Å². The van der Waals surface area contributed by atoms with E-state index in [1.165, 1.54) is 43.9 Å². The Bertz CT molecular complexity index is 159. The van der Waals surface area contributed by atoms with Gasteiger partial charge in [0.05, 0.1) is 0 Å². The van der Waals surface area contributed by atoms with Crippen molar-refractivity contribution in [2.75, 3.05) is 49.6 Å². The fraction of sp³-hybridized carbons (Fsp3) is 1.00. The highest BCUT2D eigenvalue weighted by molar-refractivity contribution is 8.32. The van der Waals surface area contributed by atoms with Gasteiger partial charge < -0.3 is 0 Å². The van der Waals surface area contributed by atoms with E-state index in [-0.39, 0.29) is 21.1 Å². The lowest BCUT2D eigenvalue weighted by molar-refractivity contribution is 0.579. The van der Waals surface area contributed by atoms with Crippen LogP contribution in [0.5, 0.6) is 0 Å². The van der Waals surface area contributed by atoms with Crippen molar-refractivity contribution in [1.29, 1.82) is 0 Å². The zero-order chi connectivity index (χ0) is 10.6. The molecule has 0 aromatic carbocycles. The molecule has 0 aromatic heterocycles. The monoisotopic (exact) mass is 237 g/mol. The molecule has 14 heavy (non-hydrogen) atoms. The predicted octanol–water partition coefficient (Wildman–Crippen LogP) is 2.71. The van der Waals surface area contributed by atoms with Crippen LogP contribution in [-0.2, 0) is 0 Å². The molecule has 0 N–H and O–H groups in total. The minimum Gasteiger partial charge on any atom is -0.270 e. The number of hydrogen-bond donors (Lipinski definition) is 1. The van der Waals surface area contributed by atoms with E-state index in [4.69, 9.17) is 0 Å². The van der Waals surface area contributed by atoms with Crippen LogP contribution in [0, 0.1) is 0 Å². The van der Waals surface area contributed by atoms with Crippen molar-refractivity contribution in [3.63, 3.8) is 0 Å². The highest BCUT2D eigenvalue weighted by atomic mass is 32.3. The molecule has 3 heteroatoms. The summed E-state index contributed by atoms with van der Waals surface area (Å²) in [7, 11) is -0.251. The second-order valence-electron chi connectivity index (χ2n) is 5.19. The van der Waals surface area contributed by atoms with Crippen LogP contribution in [0.25, 0.3) is 0 Å². The van der Waals surface area contributed by atoms with Gasteiger partial charge in [-0.2, -0.15) is 0 Å². The van der Waals surface area contributed by atoms with Gasteiger partial charge in [0, 0.05) is 13.1 Å². The highest BCUT2D eigenvalue weighted by Crippen LogP contribution is 2.37. The van der Waals surface area contributed by atoms with Gasteiger partial charge in [-0.05, 0) is 55.8 Å². The van der Waals surface area contributed by atoms with Gasteiger partial charge in [-0.15, -0.1) is 0 Å². The molecular weight excluding hydrogens is 210 g/mol. The fourth-order valence-corrected chi connectivity index (χ4v) is 5.00. The summed E-state index contributed by atoms with van der Waals surface area (Å²) in [5.41, 5.74) is 0. The third-order valence-corrected chi connectivity index (χ3v) is 6.65. The first-order valence-electron chi connectivity index (χ1n) is 5.61. The molecule has 0 aromatic rings. The number of hydrogen-bond acceptors (Lipinski definition) is 1. The van der Waals surface area contributed by atoms with Crippen LogP contribution in [0.3, 0.4) is 0 Å². The second kappa shape index (κ2) is 5.66. The number of rotatable bonds is 5. The fourth-order valence-electron chi connectivity index (χ4n) is 1.91. The molecule has 1 aliphatic heterocycles. The van der Waals surface area contributed by atoms with Crippen LogP contribution in [0.2, 0.25) is 0 Å². The average Bonchev–Trinajstić information content (AvgIpc) is 2.53. The molecule has 1 nitrogen and oxygen atoms in total. The molecule has 0 bridgehead atoms. The average molecular weight is 237 g/mol. The highest BCUT2D eigenvalue weighted by Gasteiger charge is 2.15. The van der Waals surface area contributed by atoms with E-state index < -0.39 is 0 Å². The van der Waals surface area contributed by atoms with Gasteiger partial charge in [0.25, 0.3) is 0 Å². The summed E-state index contributed by atoms with van der Waals surface area (Å²) in [5, 5.41) is 0. The molecule has 0 radical (unpaired) electrons. The van der Waals surface area contributed by atoms with Crippen LogP contribution >= 0.6 is 21.1 Å². The summed E-state index contributed by atoms with van der Waals surface area (Å²) in [6.45, 7) is 2.76. The van der Waals surface area contributed by atoms with Crippen LogP contribution in [0.1, 0.15) is 19.3 Å². The maximum Gasteiger partial charge on any atom is 0.00720 e. The molecule has 0 aliphatic carbocycles. The van der Waals surface area contributed by atoms with Crippen molar-refractivity contribution in [3.8, 4) is 0 Å². The van der Waals surface area contributed by atoms with Gasteiger partial charge in [-0.1, -0.05) is 0 Å². The minimum atomic E-state index is -0.251. The Kier molecular flexibility index (Phi) is 5.15. The van der Waals surface area contributed by atoms with Crippen LogP contribution in [-0.4, -0.2) is 53.9 Å². The zero-order valence-corrected chi connectivity index (χ0v) is 12.0. The molecule has 1 fully saturated rings. The molecule has 0 spiro atoms. The Labute approximate surface area is 94.4 Å². The molecule has 0 saturated carbocycles. The summed E-state index contributed by atoms with van der Waals surface area (Å²) in [6.07, 6.45) is 14.1. The van der Waals surface area contributed by atoms with Crippen molar-refractivity contribution in [2.24, 2.45) is 0 Å². The smallest absolute Gasteiger partial charge is 0.00720 e. The minimum absolute atomic E-state index is 0.212. The Balaban J connectivity index is 2.11. The van der Waals surface area contributed by atoms with Crippen LogP contribution < -0.4 is 0 Å². The lowest BCUT2D eigenvalue weighted by Crippen LogP contribution is -2.17. The van der Waals surface area contributed by atoms with E-state index in [0.29, 0.717) is 0 Å². The van der Waals surface area contributed by atoms with Gasteiger partial charge in [-0.3, -0.25) is 4.31 Å². The summed E-state index contributed by atoms with van der Waals surface area (Å²) in [6, 6.07) is 0. The Hall–Kier alpha value is 0.660. The SMILES string of the molecule is C[SH](CCCS(C)(C)C)N1CCCC1. The summed E-state index contributed by atoms with van der Waals surface area (Å²) < 4.78 is 2.73. The molecule has 1 heterocycles. The van der Waals surface area contributed by atoms with Crippen LogP contribution in [0.15, 0.2) is 0 Å². The molecule has 0 amide bonds. The Morgan fingerprint density at radius 1 is 1.14 bits per heavy atom. The normalized spacial score (nSPS) is 23.9. The lowest BCUT2D eigenvalue weighted by Gasteiger charge is -2.30. The number of nitrogens with zero attached hydrogens (tertiary/aromatic N) is 1. The summed E-state index contributed by atoms with van der Waals surface area (Å²) in [4.78, 5) is 0. The Morgan fingerprint density at radius 2 is 1.71 bits per heavy atom.